The summed E-state index contributed by atoms with van der Waals surface area (Å²) in [6.45, 7) is 5.07. The van der Waals surface area contributed by atoms with Gasteiger partial charge in [-0.2, -0.15) is 0 Å². The molecule has 1 fully saturated rings. The zero-order chi connectivity index (χ0) is 21.9. The van der Waals surface area contributed by atoms with Gasteiger partial charge in [0.1, 0.15) is 17.7 Å². The standard InChI is InChI=1S/C26H26N4O2/c1-2-24(31)29-15-6-7-20(18-29)26-28-25(23-17-27-14-16-30(23)26)19-10-12-22(13-11-19)32-21-8-4-3-5-9-21/h2-5,8-12,14,16-17,20,22H,1,6-7,13,15,18H2/t20-,22?/m1/s1. The van der Waals surface area contributed by atoms with E-state index < -0.39 is 0 Å². The van der Waals surface area contributed by atoms with Gasteiger partial charge in [0.15, 0.2) is 0 Å². The highest BCUT2D eigenvalue weighted by Gasteiger charge is 2.28. The van der Waals surface area contributed by atoms with Crippen molar-refractivity contribution >= 4 is 17.0 Å². The smallest absolute Gasteiger partial charge is 0.245 e. The molecule has 1 aliphatic carbocycles. The summed E-state index contributed by atoms with van der Waals surface area (Å²) in [5, 5.41) is 0. The van der Waals surface area contributed by atoms with Crippen molar-refractivity contribution in [1.29, 1.82) is 0 Å². The topological polar surface area (TPSA) is 59.7 Å². The molecule has 1 aromatic carbocycles. The lowest BCUT2D eigenvalue weighted by Crippen LogP contribution is -2.38. The van der Waals surface area contributed by atoms with Crippen LogP contribution in [0.3, 0.4) is 0 Å². The summed E-state index contributed by atoms with van der Waals surface area (Å²) < 4.78 is 8.18. The van der Waals surface area contributed by atoms with E-state index in [1.807, 2.05) is 47.6 Å². The fourth-order valence-electron chi connectivity index (χ4n) is 4.52. The molecule has 0 spiro atoms. The number of piperidine rings is 1. The first kappa shape index (κ1) is 20.2. The number of hydrogen-bond donors (Lipinski definition) is 0. The van der Waals surface area contributed by atoms with Crippen LogP contribution in [-0.2, 0) is 4.79 Å². The van der Waals surface area contributed by atoms with Crippen LogP contribution in [0.5, 0.6) is 5.75 Å². The van der Waals surface area contributed by atoms with Gasteiger partial charge >= 0.3 is 0 Å². The van der Waals surface area contributed by atoms with Gasteiger partial charge in [0, 0.05) is 37.8 Å². The van der Waals surface area contributed by atoms with Gasteiger partial charge in [-0.25, -0.2) is 4.98 Å². The maximum atomic E-state index is 12.2. The number of para-hydroxylation sites is 1. The van der Waals surface area contributed by atoms with Crippen molar-refractivity contribution in [2.75, 3.05) is 13.1 Å². The molecule has 3 aromatic rings. The van der Waals surface area contributed by atoms with Gasteiger partial charge in [0.2, 0.25) is 5.91 Å². The molecule has 2 atom stereocenters. The third-order valence-electron chi connectivity index (χ3n) is 6.11. The number of fused-ring (bicyclic) bond motifs is 1. The Balaban J connectivity index is 1.40. The fourth-order valence-corrected chi connectivity index (χ4v) is 4.52. The summed E-state index contributed by atoms with van der Waals surface area (Å²) in [7, 11) is 0. The number of ether oxygens (including phenoxy) is 1. The Morgan fingerprint density at radius 2 is 2.12 bits per heavy atom. The number of benzene rings is 1. The zero-order valence-corrected chi connectivity index (χ0v) is 17.9. The van der Waals surface area contributed by atoms with E-state index in [1.165, 1.54) is 6.08 Å². The van der Waals surface area contributed by atoms with Crippen LogP contribution in [0.4, 0.5) is 0 Å². The van der Waals surface area contributed by atoms with Crippen LogP contribution in [0.25, 0.3) is 11.1 Å². The first-order valence-electron chi connectivity index (χ1n) is 11.1. The Labute approximate surface area is 187 Å². The number of allylic oxidation sites excluding steroid dienone is 2. The van der Waals surface area contributed by atoms with Crippen molar-refractivity contribution in [3.8, 4) is 5.75 Å². The van der Waals surface area contributed by atoms with E-state index in [-0.39, 0.29) is 17.9 Å². The van der Waals surface area contributed by atoms with E-state index >= 15 is 0 Å². The largest absolute Gasteiger partial charge is 0.486 e. The Hall–Kier alpha value is -3.67. The number of nitrogens with zero attached hydrogens (tertiary/aromatic N) is 4. The van der Waals surface area contributed by atoms with Gasteiger partial charge in [-0.3, -0.25) is 14.2 Å². The predicted molar refractivity (Wildman–Crippen MR) is 124 cm³/mol. The lowest BCUT2D eigenvalue weighted by molar-refractivity contribution is -0.127. The summed E-state index contributed by atoms with van der Waals surface area (Å²) in [5.74, 6) is 2.02. The molecule has 0 N–H and O–H groups in total. The van der Waals surface area contributed by atoms with Gasteiger partial charge < -0.3 is 9.64 Å². The van der Waals surface area contributed by atoms with Gasteiger partial charge in [-0.1, -0.05) is 36.9 Å². The number of amides is 1. The number of likely N-dealkylation sites (tertiary alicyclic amines) is 1. The molecule has 2 aromatic heterocycles. The molecule has 2 aliphatic rings. The summed E-state index contributed by atoms with van der Waals surface area (Å²) in [5.41, 5.74) is 2.98. The Bertz CT molecular complexity index is 1200. The monoisotopic (exact) mass is 426 g/mol. The van der Waals surface area contributed by atoms with E-state index in [0.717, 1.165) is 54.2 Å². The molecule has 5 rings (SSSR count). The number of rotatable bonds is 5. The maximum Gasteiger partial charge on any atom is 0.245 e. The number of aromatic nitrogens is 3. The fraction of sp³-hybridized carbons (Fsp3) is 0.269. The molecular formula is C26H26N4O2. The SMILES string of the molecule is C=CC(=O)N1CCC[C@@H](c2nc(C3=CCC(Oc4ccccc4)C=C3)c3cnccn23)C1. The molecule has 1 aliphatic heterocycles. The van der Waals surface area contributed by atoms with Gasteiger partial charge in [0.25, 0.3) is 0 Å². The molecule has 0 radical (unpaired) electrons. The van der Waals surface area contributed by atoms with E-state index in [4.69, 9.17) is 9.72 Å². The van der Waals surface area contributed by atoms with Crippen LogP contribution in [0.15, 0.2) is 79.8 Å². The van der Waals surface area contributed by atoms with Crippen molar-refractivity contribution in [2.45, 2.75) is 31.3 Å². The minimum absolute atomic E-state index is 0.00411. The highest BCUT2D eigenvalue weighted by molar-refractivity contribution is 5.87. The third kappa shape index (κ3) is 3.96. The summed E-state index contributed by atoms with van der Waals surface area (Å²) >= 11 is 0. The summed E-state index contributed by atoms with van der Waals surface area (Å²) in [4.78, 5) is 23.4. The van der Waals surface area contributed by atoms with Crippen LogP contribution in [0.2, 0.25) is 0 Å². The molecule has 32 heavy (non-hydrogen) atoms. The second-order valence-electron chi connectivity index (χ2n) is 8.20. The normalized spacial score (nSPS) is 20.8. The molecule has 0 saturated carbocycles. The van der Waals surface area contributed by atoms with Gasteiger partial charge in [0.05, 0.1) is 17.4 Å². The first-order valence-corrected chi connectivity index (χ1v) is 11.1. The molecule has 3 heterocycles. The van der Waals surface area contributed by atoms with Crippen LogP contribution in [0.1, 0.15) is 36.7 Å². The molecule has 1 saturated heterocycles. The van der Waals surface area contributed by atoms with Crippen molar-refractivity contribution in [2.24, 2.45) is 0 Å². The number of imidazole rings is 1. The van der Waals surface area contributed by atoms with Gasteiger partial charge in [-0.05, 0) is 42.7 Å². The van der Waals surface area contributed by atoms with E-state index in [0.29, 0.717) is 6.54 Å². The van der Waals surface area contributed by atoms with E-state index in [9.17, 15) is 4.79 Å². The summed E-state index contributed by atoms with van der Waals surface area (Å²) in [6.07, 6.45) is 16.1. The molecular weight excluding hydrogens is 400 g/mol. The molecule has 6 heteroatoms. The number of carbonyl (C=O) groups excluding carboxylic acids is 1. The lowest BCUT2D eigenvalue weighted by Gasteiger charge is -2.31. The maximum absolute atomic E-state index is 12.2. The molecule has 162 valence electrons. The highest BCUT2D eigenvalue weighted by atomic mass is 16.5. The zero-order valence-electron chi connectivity index (χ0n) is 17.9. The average Bonchev–Trinajstić information content (AvgIpc) is 3.24. The highest BCUT2D eigenvalue weighted by Crippen LogP contribution is 2.32. The third-order valence-corrected chi connectivity index (χ3v) is 6.11. The van der Waals surface area contributed by atoms with Crippen LogP contribution < -0.4 is 4.74 Å². The number of hydrogen-bond acceptors (Lipinski definition) is 4. The van der Waals surface area contributed by atoms with Crippen LogP contribution in [0, 0.1) is 0 Å². The van der Waals surface area contributed by atoms with Crippen molar-refractivity contribution in [3.05, 3.63) is 91.3 Å². The second-order valence-corrected chi connectivity index (χ2v) is 8.20. The molecule has 6 nitrogen and oxygen atoms in total. The molecule has 1 amide bonds. The summed E-state index contributed by atoms with van der Waals surface area (Å²) in [6, 6.07) is 9.88. The van der Waals surface area contributed by atoms with Crippen molar-refractivity contribution < 1.29 is 9.53 Å². The van der Waals surface area contributed by atoms with Crippen LogP contribution in [-0.4, -0.2) is 44.4 Å². The number of carbonyl (C=O) groups is 1. The minimum Gasteiger partial charge on any atom is -0.486 e. The van der Waals surface area contributed by atoms with Gasteiger partial charge in [-0.15, -0.1) is 0 Å². The molecule has 0 bridgehead atoms. The lowest BCUT2D eigenvalue weighted by atomic mass is 9.97. The Kier molecular flexibility index (Phi) is 5.58. The van der Waals surface area contributed by atoms with E-state index in [2.05, 4.69) is 34.2 Å². The predicted octanol–water partition coefficient (Wildman–Crippen LogP) is 4.41. The molecule has 1 unspecified atom stereocenters. The Morgan fingerprint density at radius 1 is 1.25 bits per heavy atom. The van der Waals surface area contributed by atoms with Crippen molar-refractivity contribution in [1.82, 2.24) is 19.3 Å². The van der Waals surface area contributed by atoms with E-state index in [1.54, 1.807) is 6.20 Å². The Morgan fingerprint density at radius 3 is 2.91 bits per heavy atom. The van der Waals surface area contributed by atoms with Crippen molar-refractivity contribution in [3.63, 3.8) is 0 Å². The quantitative estimate of drug-likeness (QED) is 0.567. The first-order chi connectivity index (χ1) is 15.7. The minimum atomic E-state index is -0.0140. The van der Waals surface area contributed by atoms with Crippen LogP contribution >= 0.6 is 0 Å². The second kappa shape index (κ2) is 8.83. The average molecular weight is 427 g/mol.